The molecule has 1 aromatic heterocycles. The van der Waals surface area contributed by atoms with Crippen LogP contribution in [0, 0.1) is 5.82 Å². The van der Waals surface area contributed by atoms with E-state index in [0.717, 1.165) is 5.01 Å². The first-order valence-electron chi connectivity index (χ1n) is 5.57. The molecular weight excluding hydrogens is 269 g/mol. The first kappa shape index (κ1) is 13.6. The van der Waals surface area contributed by atoms with Crippen molar-refractivity contribution in [3.05, 3.63) is 40.7 Å². The van der Waals surface area contributed by atoms with Crippen LogP contribution in [0.1, 0.15) is 15.4 Å². The van der Waals surface area contributed by atoms with E-state index < -0.39 is 0 Å². The van der Waals surface area contributed by atoms with Gasteiger partial charge in [-0.3, -0.25) is 10.1 Å². The predicted octanol–water partition coefficient (Wildman–Crippen LogP) is 2.12. The number of carbonyl (C=O) groups excluding carboxylic acids is 1. The summed E-state index contributed by atoms with van der Waals surface area (Å²) in [6, 6.07) is 5.30. The highest BCUT2D eigenvalue weighted by Gasteiger charge is 2.10. The third kappa shape index (κ3) is 3.80. The molecule has 1 N–H and O–H groups in total. The molecule has 1 heterocycles. The number of hydrogen-bond acceptors (Lipinski definition) is 5. The Labute approximate surface area is 113 Å². The zero-order chi connectivity index (χ0) is 13.7. The van der Waals surface area contributed by atoms with Gasteiger partial charge >= 0.3 is 0 Å². The van der Waals surface area contributed by atoms with Crippen LogP contribution in [0.2, 0.25) is 0 Å². The number of methoxy groups -OCH3 is 1. The number of carbonyl (C=O) groups is 1. The number of anilines is 1. The van der Waals surface area contributed by atoms with Crippen LogP contribution in [-0.2, 0) is 11.2 Å². The molecule has 5 nitrogen and oxygen atoms in total. The Morgan fingerprint density at radius 2 is 2.11 bits per heavy atom. The number of amides is 1. The maximum Gasteiger partial charge on any atom is 0.257 e. The first-order chi connectivity index (χ1) is 9.19. The Balaban J connectivity index is 1.98. The second-order valence-corrected chi connectivity index (χ2v) is 4.77. The lowest BCUT2D eigenvalue weighted by atomic mass is 10.2. The molecule has 0 saturated heterocycles. The lowest BCUT2D eigenvalue weighted by Gasteiger charge is -2.00. The average Bonchev–Trinajstić information content (AvgIpc) is 2.84. The van der Waals surface area contributed by atoms with Crippen molar-refractivity contribution < 1.29 is 13.9 Å². The standard InChI is InChI=1S/C12H12FN3O2S/c1-18-7-6-10-15-16-12(19-10)14-11(17)8-2-4-9(13)5-3-8/h2-5H,6-7H2,1H3,(H,14,16,17). The smallest absolute Gasteiger partial charge is 0.257 e. The Morgan fingerprint density at radius 3 is 2.79 bits per heavy atom. The van der Waals surface area contributed by atoms with Gasteiger partial charge in [0.15, 0.2) is 0 Å². The minimum absolute atomic E-state index is 0.338. The third-order valence-electron chi connectivity index (χ3n) is 2.31. The molecule has 1 aromatic carbocycles. The van der Waals surface area contributed by atoms with Crippen LogP contribution in [0.5, 0.6) is 0 Å². The van der Waals surface area contributed by atoms with Crippen molar-refractivity contribution in [2.45, 2.75) is 6.42 Å². The molecule has 0 saturated carbocycles. The summed E-state index contributed by atoms with van der Waals surface area (Å²) >= 11 is 1.29. The number of aromatic nitrogens is 2. The fraction of sp³-hybridized carbons (Fsp3) is 0.250. The van der Waals surface area contributed by atoms with Crippen LogP contribution in [0.25, 0.3) is 0 Å². The van der Waals surface area contributed by atoms with E-state index in [1.54, 1.807) is 7.11 Å². The molecule has 2 rings (SSSR count). The summed E-state index contributed by atoms with van der Waals surface area (Å²) in [6.45, 7) is 0.556. The number of halogens is 1. The van der Waals surface area contributed by atoms with Gasteiger partial charge in [0.2, 0.25) is 5.13 Å². The number of benzene rings is 1. The number of rotatable bonds is 5. The van der Waals surface area contributed by atoms with Gasteiger partial charge in [0.05, 0.1) is 6.61 Å². The van der Waals surface area contributed by atoms with Crippen molar-refractivity contribution in [1.29, 1.82) is 0 Å². The van der Waals surface area contributed by atoms with Gasteiger partial charge in [-0.1, -0.05) is 11.3 Å². The Hall–Kier alpha value is -1.86. The van der Waals surface area contributed by atoms with Crippen LogP contribution in [0.3, 0.4) is 0 Å². The molecule has 100 valence electrons. The fourth-order valence-electron chi connectivity index (χ4n) is 1.37. The molecule has 0 aliphatic heterocycles. The molecule has 0 radical (unpaired) electrons. The lowest BCUT2D eigenvalue weighted by molar-refractivity contribution is 0.102. The molecule has 0 aliphatic rings. The van der Waals surface area contributed by atoms with E-state index in [4.69, 9.17) is 4.74 Å². The fourth-order valence-corrected chi connectivity index (χ4v) is 2.08. The summed E-state index contributed by atoms with van der Waals surface area (Å²) in [5.41, 5.74) is 0.370. The molecule has 0 unspecified atom stereocenters. The molecule has 0 spiro atoms. The topological polar surface area (TPSA) is 64.1 Å². The van der Waals surface area contributed by atoms with Crippen LogP contribution < -0.4 is 5.32 Å². The third-order valence-corrected chi connectivity index (χ3v) is 3.21. The van der Waals surface area contributed by atoms with Crippen LogP contribution in [0.15, 0.2) is 24.3 Å². The second-order valence-electron chi connectivity index (χ2n) is 3.70. The van der Waals surface area contributed by atoms with Gasteiger partial charge in [-0.25, -0.2) is 4.39 Å². The highest BCUT2D eigenvalue weighted by Crippen LogP contribution is 2.16. The van der Waals surface area contributed by atoms with Gasteiger partial charge < -0.3 is 4.74 Å². The lowest BCUT2D eigenvalue weighted by Crippen LogP contribution is -2.11. The quantitative estimate of drug-likeness (QED) is 0.911. The molecule has 2 aromatic rings. The molecule has 0 atom stereocenters. The maximum absolute atomic E-state index is 12.7. The molecule has 1 amide bonds. The summed E-state index contributed by atoms with van der Waals surface area (Å²) < 4.78 is 17.7. The van der Waals surface area contributed by atoms with Crippen molar-refractivity contribution in [3.63, 3.8) is 0 Å². The Bertz CT molecular complexity index is 556. The minimum atomic E-state index is -0.380. The van der Waals surface area contributed by atoms with Crippen molar-refractivity contribution in [2.75, 3.05) is 19.0 Å². The van der Waals surface area contributed by atoms with Gasteiger partial charge in [0.1, 0.15) is 10.8 Å². The van der Waals surface area contributed by atoms with Crippen molar-refractivity contribution in [2.24, 2.45) is 0 Å². The monoisotopic (exact) mass is 281 g/mol. The largest absolute Gasteiger partial charge is 0.384 e. The van der Waals surface area contributed by atoms with Gasteiger partial charge in [0.25, 0.3) is 5.91 Å². The van der Waals surface area contributed by atoms with E-state index in [-0.39, 0.29) is 11.7 Å². The molecule has 19 heavy (non-hydrogen) atoms. The van der Waals surface area contributed by atoms with Crippen LogP contribution in [-0.4, -0.2) is 29.8 Å². The molecule has 0 fully saturated rings. The number of nitrogens with one attached hydrogen (secondary N) is 1. The highest BCUT2D eigenvalue weighted by atomic mass is 32.1. The van der Waals surface area contributed by atoms with Gasteiger partial charge in [-0.05, 0) is 24.3 Å². The van der Waals surface area contributed by atoms with Crippen molar-refractivity contribution >= 4 is 22.4 Å². The summed E-state index contributed by atoms with van der Waals surface area (Å²) in [6.07, 6.45) is 0.653. The summed E-state index contributed by atoms with van der Waals surface area (Å²) in [4.78, 5) is 11.8. The first-order valence-corrected chi connectivity index (χ1v) is 6.39. The van der Waals surface area contributed by atoms with Gasteiger partial charge in [-0.2, -0.15) is 0 Å². The normalized spacial score (nSPS) is 10.4. The van der Waals surface area contributed by atoms with Gasteiger partial charge in [-0.15, -0.1) is 10.2 Å². The van der Waals surface area contributed by atoms with Crippen molar-refractivity contribution in [3.8, 4) is 0 Å². The Morgan fingerprint density at radius 1 is 1.37 bits per heavy atom. The van der Waals surface area contributed by atoms with Crippen molar-refractivity contribution in [1.82, 2.24) is 10.2 Å². The number of hydrogen-bond donors (Lipinski definition) is 1. The van der Waals surface area contributed by atoms with E-state index in [1.807, 2.05) is 0 Å². The molecule has 0 bridgehead atoms. The van der Waals surface area contributed by atoms with E-state index in [9.17, 15) is 9.18 Å². The van der Waals surface area contributed by atoms with Crippen LogP contribution in [0.4, 0.5) is 9.52 Å². The zero-order valence-electron chi connectivity index (χ0n) is 10.2. The SMILES string of the molecule is COCCc1nnc(NC(=O)c2ccc(F)cc2)s1. The van der Waals surface area contributed by atoms with Crippen LogP contribution >= 0.6 is 11.3 Å². The second kappa shape index (κ2) is 6.35. The van der Waals surface area contributed by atoms with Gasteiger partial charge in [0, 0.05) is 19.1 Å². The maximum atomic E-state index is 12.7. The molecular formula is C12H12FN3O2S. The predicted molar refractivity (Wildman–Crippen MR) is 69.8 cm³/mol. The summed E-state index contributed by atoms with van der Waals surface area (Å²) in [5.74, 6) is -0.719. The van der Waals surface area contributed by atoms with E-state index in [2.05, 4.69) is 15.5 Å². The average molecular weight is 281 g/mol. The minimum Gasteiger partial charge on any atom is -0.384 e. The van der Waals surface area contributed by atoms with E-state index in [1.165, 1.54) is 35.6 Å². The van der Waals surface area contributed by atoms with E-state index >= 15 is 0 Å². The molecule has 7 heteroatoms. The van der Waals surface area contributed by atoms with E-state index in [0.29, 0.717) is 23.7 Å². The number of ether oxygens (including phenoxy) is 1. The molecule has 0 aliphatic carbocycles. The highest BCUT2D eigenvalue weighted by molar-refractivity contribution is 7.15. The summed E-state index contributed by atoms with van der Waals surface area (Å²) in [5, 5.41) is 11.6. The Kier molecular flexibility index (Phi) is 4.53. The zero-order valence-corrected chi connectivity index (χ0v) is 11.0. The number of nitrogens with zero attached hydrogens (tertiary/aromatic N) is 2. The summed E-state index contributed by atoms with van der Waals surface area (Å²) in [7, 11) is 1.61.